The first-order valence-electron chi connectivity index (χ1n) is 8.37. The first kappa shape index (κ1) is 15.8. The van der Waals surface area contributed by atoms with Gasteiger partial charge in [-0.3, -0.25) is 4.79 Å². The molecule has 1 aromatic carbocycles. The minimum absolute atomic E-state index is 0.287. The summed E-state index contributed by atoms with van der Waals surface area (Å²) in [6, 6.07) is 7.53. The van der Waals surface area contributed by atoms with Gasteiger partial charge >= 0.3 is 0 Å². The molecule has 2 aromatic rings. The number of ketones is 1. The van der Waals surface area contributed by atoms with Crippen molar-refractivity contribution in [2.75, 3.05) is 0 Å². The fourth-order valence-electron chi connectivity index (χ4n) is 3.07. The van der Waals surface area contributed by atoms with Crippen LogP contribution in [0.2, 0.25) is 0 Å². The van der Waals surface area contributed by atoms with Crippen molar-refractivity contribution >= 4 is 22.9 Å². The SMILES string of the molecule is CCCCCCCC1(O)C(=O)C=Cc2nc3ccccc3nc21. The van der Waals surface area contributed by atoms with Crippen LogP contribution in [0.15, 0.2) is 30.3 Å². The van der Waals surface area contributed by atoms with Crippen LogP contribution >= 0.6 is 0 Å². The number of fused-ring (bicyclic) bond motifs is 2. The van der Waals surface area contributed by atoms with Crippen molar-refractivity contribution in [2.24, 2.45) is 0 Å². The van der Waals surface area contributed by atoms with Gasteiger partial charge in [0.05, 0.1) is 16.7 Å². The Balaban J connectivity index is 1.90. The van der Waals surface area contributed by atoms with E-state index in [1.165, 1.54) is 18.9 Å². The van der Waals surface area contributed by atoms with Gasteiger partial charge in [0.15, 0.2) is 11.4 Å². The van der Waals surface area contributed by atoms with Crippen LogP contribution in [0.3, 0.4) is 0 Å². The number of rotatable bonds is 6. The van der Waals surface area contributed by atoms with Crippen LogP contribution in [0.25, 0.3) is 17.1 Å². The third-order valence-electron chi connectivity index (χ3n) is 4.43. The standard InChI is InChI=1S/C19H22N2O2/c1-2-3-4-5-8-13-19(23)17(22)12-11-16-18(19)21-15-10-7-6-9-14(15)20-16/h6-7,9-12,23H,2-5,8,13H2,1H3. The molecule has 4 nitrogen and oxygen atoms in total. The Bertz CT molecular complexity index is 754. The van der Waals surface area contributed by atoms with Gasteiger partial charge in [-0.25, -0.2) is 9.97 Å². The number of unbranched alkanes of at least 4 members (excludes halogenated alkanes) is 4. The number of nitrogens with zero attached hydrogens (tertiary/aromatic N) is 2. The average Bonchev–Trinajstić information content (AvgIpc) is 2.57. The third kappa shape index (κ3) is 3.04. The van der Waals surface area contributed by atoms with Crippen molar-refractivity contribution in [3.05, 3.63) is 41.7 Å². The van der Waals surface area contributed by atoms with E-state index in [4.69, 9.17) is 0 Å². The molecule has 1 heterocycles. The summed E-state index contributed by atoms with van der Waals surface area (Å²) in [5.74, 6) is -0.287. The summed E-state index contributed by atoms with van der Waals surface area (Å²) in [5, 5.41) is 11.0. The van der Waals surface area contributed by atoms with Crippen LogP contribution in [0.1, 0.15) is 56.8 Å². The van der Waals surface area contributed by atoms with E-state index in [9.17, 15) is 9.90 Å². The normalized spacial score (nSPS) is 20.0. The molecule has 1 unspecified atom stereocenters. The fraction of sp³-hybridized carbons (Fsp3) is 0.421. The quantitative estimate of drug-likeness (QED) is 0.825. The number of hydrogen-bond acceptors (Lipinski definition) is 4. The molecule has 0 bridgehead atoms. The number of benzene rings is 1. The molecular formula is C19H22N2O2. The molecule has 0 amide bonds. The summed E-state index contributed by atoms with van der Waals surface area (Å²) in [7, 11) is 0. The zero-order valence-corrected chi connectivity index (χ0v) is 13.5. The largest absolute Gasteiger partial charge is 0.375 e. The molecule has 1 N–H and O–H groups in total. The molecule has 0 radical (unpaired) electrons. The molecule has 0 spiro atoms. The number of aliphatic hydroxyl groups is 1. The first-order valence-corrected chi connectivity index (χ1v) is 8.37. The summed E-state index contributed by atoms with van der Waals surface area (Å²) in [6.45, 7) is 2.17. The molecule has 1 aliphatic carbocycles. The maximum Gasteiger partial charge on any atom is 0.193 e. The van der Waals surface area contributed by atoms with Crippen LogP contribution < -0.4 is 0 Å². The van der Waals surface area contributed by atoms with E-state index in [1.807, 2.05) is 24.3 Å². The van der Waals surface area contributed by atoms with Gasteiger partial charge < -0.3 is 5.11 Å². The van der Waals surface area contributed by atoms with E-state index in [2.05, 4.69) is 16.9 Å². The third-order valence-corrected chi connectivity index (χ3v) is 4.43. The van der Waals surface area contributed by atoms with Gasteiger partial charge in [-0.15, -0.1) is 0 Å². The van der Waals surface area contributed by atoms with Gasteiger partial charge in [-0.05, 0) is 37.1 Å². The second kappa shape index (κ2) is 6.59. The first-order chi connectivity index (χ1) is 11.1. The Hall–Kier alpha value is -2.07. The van der Waals surface area contributed by atoms with Crippen LogP contribution in [-0.2, 0) is 10.4 Å². The van der Waals surface area contributed by atoms with E-state index in [-0.39, 0.29) is 5.78 Å². The number of para-hydroxylation sites is 2. The Morgan fingerprint density at radius 2 is 1.70 bits per heavy atom. The Morgan fingerprint density at radius 3 is 2.43 bits per heavy atom. The van der Waals surface area contributed by atoms with Gasteiger partial charge in [0.1, 0.15) is 5.69 Å². The van der Waals surface area contributed by atoms with E-state index in [1.54, 1.807) is 6.08 Å². The molecule has 1 atom stereocenters. The van der Waals surface area contributed by atoms with E-state index >= 15 is 0 Å². The average molecular weight is 310 g/mol. The molecule has 3 rings (SSSR count). The molecule has 120 valence electrons. The van der Waals surface area contributed by atoms with Crippen molar-refractivity contribution in [3.63, 3.8) is 0 Å². The summed E-state index contributed by atoms with van der Waals surface area (Å²) in [5.41, 5.74) is 0.945. The van der Waals surface area contributed by atoms with E-state index in [0.717, 1.165) is 24.8 Å². The minimum Gasteiger partial charge on any atom is -0.375 e. The molecule has 1 aliphatic rings. The van der Waals surface area contributed by atoms with Crippen molar-refractivity contribution in [3.8, 4) is 0 Å². The maximum absolute atomic E-state index is 12.3. The van der Waals surface area contributed by atoms with E-state index < -0.39 is 5.60 Å². The summed E-state index contributed by atoms with van der Waals surface area (Å²) in [6.07, 6.45) is 8.81. The van der Waals surface area contributed by atoms with Crippen LogP contribution in [-0.4, -0.2) is 20.9 Å². The van der Waals surface area contributed by atoms with Crippen molar-refractivity contribution in [1.82, 2.24) is 9.97 Å². The molecule has 0 fully saturated rings. The number of hydrogen-bond donors (Lipinski definition) is 1. The van der Waals surface area contributed by atoms with Crippen LogP contribution in [0, 0.1) is 0 Å². The summed E-state index contributed by atoms with van der Waals surface area (Å²) in [4.78, 5) is 21.4. The summed E-state index contributed by atoms with van der Waals surface area (Å²) < 4.78 is 0. The highest BCUT2D eigenvalue weighted by atomic mass is 16.3. The molecule has 4 heteroatoms. The molecule has 1 aromatic heterocycles. The van der Waals surface area contributed by atoms with Crippen molar-refractivity contribution < 1.29 is 9.90 Å². The number of aromatic nitrogens is 2. The summed E-state index contributed by atoms with van der Waals surface area (Å²) >= 11 is 0. The van der Waals surface area contributed by atoms with Crippen molar-refractivity contribution in [1.29, 1.82) is 0 Å². The van der Waals surface area contributed by atoms with Gasteiger partial charge in [-0.1, -0.05) is 44.7 Å². The highest BCUT2D eigenvalue weighted by Gasteiger charge is 2.41. The zero-order chi connectivity index (χ0) is 16.3. The van der Waals surface area contributed by atoms with Gasteiger partial charge in [0.25, 0.3) is 0 Å². The highest BCUT2D eigenvalue weighted by Crippen LogP contribution is 2.34. The molecule has 0 saturated carbocycles. The van der Waals surface area contributed by atoms with Crippen LogP contribution in [0.5, 0.6) is 0 Å². The minimum atomic E-state index is -1.53. The number of carbonyl (C=O) groups is 1. The lowest BCUT2D eigenvalue weighted by Crippen LogP contribution is -2.38. The molecule has 0 aliphatic heterocycles. The van der Waals surface area contributed by atoms with Crippen LogP contribution in [0.4, 0.5) is 0 Å². The topological polar surface area (TPSA) is 63.1 Å². The maximum atomic E-state index is 12.3. The van der Waals surface area contributed by atoms with Gasteiger partial charge in [-0.2, -0.15) is 0 Å². The smallest absolute Gasteiger partial charge is 0.193 e. The predicted octanol–water partition coefficient (Wildman–Crippen LogP) is 3.77. The highest BCUT2D eigenvalue weighted by molar-refractivity contribution is 6.03. The second-order valence-electron chi connectivity index (χ2n) is 6.17. The van der Waals surface area contributed by atoms with E-state index in [0.29, 0.717) is 23.3 Å². The molecule has 23 heavy (non-hydrogen) atoms. The molecule has 0 saturated heterocycles. The predicted molar refractivity (Wildman–Crippen MR) is 90.9 cm³/mol. The van der Waals surface area contributed by atoms with Crippen molar-refractivity contribution in [2.45, 2.75) is 51.0 Å². The van der Waals surface area contributed by atoms with Gasteiger partial charge in [0, 0.05) is 0 Å². The molecular weight excluding hydrogens is 288 g/mol. The lowest BCUT2D eigenvalue weighted by atomic mass is 9.83. The lowest BCUT2D eigenvalue weighted by Gasteiger charge is -2.28. The second-order valence-corrected chi connectivity index (χ2v) is 6.17. The lowest BCUT2D eigenvalue weighted by molar-refractivity contribution is -0.134. The zero-order valence-electron chi connectivity index (χ0n) is 13.5. The monoisotopic (exact) mass is 310 g/mol. The Labute approximate surface area is 136 Å². The Morgan fingerprint density at radius 1 is 1.00 bits per heavy atom. The fourth-order valence-corrected chi connectivity index (χ4v) is 3.07. The van der Waals surface area contributed by atoms with Gasteiger partial charge in [0.2, 0.25) is 0 Å². The number of carbonyl (C=O) groups excluding carboxylic acids is 1. The Kier molecular flexibility index (Phi) is 4.53.